The molecule has 0 saturated carbocycles. The number of aryl methyl sites for hydroxylation is 1. The number of nitrogens with zero attached hydrogens (tertiary/aromatic N) is 1. The summed E-state index contributed by atoms with van der Waals surface area (Å²) < 4.78 is 26.2. The third kappa shape index (κ3) is 3.50. The monoisotopic (exact) mass is 302 g/mol. The van der Waals surface area contributed by atoms with E-state index in [4.69, 9.17) is 23.1 Å². The quantitative estimate of drug-likeness (QED) is 0.753. The fraction of sp³-hybridized carbons (Fsp3) is 0.417. The Hall–Kier alpha value is -1.02. The van der Waals surface area contributed by atoms with E-state index >= 15 is 0 Å². The zero-order chi connectivity index (χ0) is 14.6. The van der Waals surface area contributed by atoms with Gasteiger partial charge in [-0.15, -0.1) is 0 Å². The lowest BCUT2D eigenvalue weighted by atomic mass is 10.1. The molecule has 106 valence electrons. The number of aliphatic hydroxyl groups is 1. The van der Waals surface area contributed by atoms with Crippen LogP contribution in [-0.2, 0) is 10.0 Å². The molecule has 19 heavy (non-hydrogen) atoms. The Balaban J connectivity index is 3.34. The van der Waals surface area contributed by atoms with Crippen LogP contribution in [0.15, 0.2) is 23.1 Å². The van der Waals surface area contributed by atoms with Gasteiger partial charge in [0.25, 0.3) is 0 Å². The smallest absolute Gasteiger partial charge is 0.243 e. The number of hydrogen-bond acceptors (Lipinski definition) is 4. The lowest BCUT2D eigenvalue weighted by molar-refractivity contribution is 0.257. The Morgan fingerprint density at radius 3 is 2.58 bits per heavy atom. The van der Waals surface area contributed by atoms with E-state index in [-0.39, 0.29) is 23.0 Å². The van der Waals surface area contributed by atoms with Gasteiger partial charge in [-0.1, -0.05) is 31.3 Å². The molecule has 1 aromatic carbocycles. The molecule has 0 aliphatic carbocycles. The molecule has 1 aromatic rings. The van der Waals surface area contributed by atoms with Crippen molar-refractivity contribution in [2.24, 2.45) is 5.73 Å². The Bertz CT molecular complexity index is 570. The third-order valence-electron chi connectivity index (χ3n) is 2.79. The van der Waals surface area contributed by atoms with Crippen LogP contribution in [0.5, 0.6) is 0 Å². The van der Waals surface area contributed by atoms with Gasteiger partial charge in [-0.3, -0.25) is 0 Å². The predicted molar refractivity (Wildman–Crippen MR) is 78.6 cm³/mol. The number of benzene rings is 1. The molecule has 7 heteroatoms. The second-order valence-corrected chi connectivity index (χ2v) is 6.41. The van der Waals surface area contributed by atoms with Crippen molar-refractivity contribution >= 4 is 27.2 Å². The summed E-state index contributed by atoms with van der Waals surface area (Å²) in [5.41, 5.74) is 6.66. The molecular formula is C12H18N2O3S2. The summed E-state index contributed by atoms with van der Waals surface area (Å²) in [6, 6.07) is 4.85. The van der Waals surface area contributed by atoms with E-state index in [1.807, 2.05) is 0 Å². The molecule has 0 saturated heterocycles. The Kier molecular flexibility index (Phi) is 5.42. The van der Waals surface area contributed by atoms with E-state index in [2.05, 4.69) is 0 Å². The van der Waals surface area contributed by atoms with Crippen LogP contribution in [0.3, 0.4) is 0 Å². The first kappa shape index (κ1) is 16.0. The van der Waals surface area contributed by atoms with Crippen LogP contribution in [0, 0.1) is 6.92 Å². The highest BCUT2D eigenvalue weighted by Crippen LogP contribution is 2.21. The maximum atomic E-state index is 12.5. The molecule has 0 aromatic heterocycles. The standard InChI is InChI=1S/C12H18N2O3S2/c1-3-14(6-7-15)19(16,17)11-8-10(12(13)18)5-4-9(11)2/h4-5,8,15H,3,6-7H2,1-2H3,(H2,13,18). The highest BCUT2D eigenvalue weighted by molar-refractivity contribution is 7.89. The number of sulfonamides is 1. The van der Waals surface area contributed by atoms with Crippen LogP contribution in [0.1, 0.15) is 18.1 Å². The molecule has 0 aliphatic rings. The number of aliphatic hydroxyl groups excluding tert-OH is 1. The Labute approximate surface area is 119 Å². The van der Waals surface area contributed by atoms with Gasteiger partial charge in [-0.2, -0.15) is 4.31 Å². The first-order valence-corrected chi connectivity index (χ1v) is 7.70. The van der Waals surface area contributed by atoms with Crippen molar-refractivity contribution in [2.45, 2.75) is 18.7 Å². The lowest BCUT2D eigenvalue weighted by Crippen LogP contribution is -2.34. The second kappa shape index (κ2) is 6.42. The van der Waals surface area contributed by atoms with Crippen molar-refractivity contribution in [3.8, 4) is 0 Å². The SMILES string of the molecule is CCN(CCO)S(=O)(=O)c1cc(C(N)=S)ccc1C. The van der Waals surface area contributed by atoms with E-state index in [0.29, 0.717) is 17.7 Å². The molecule has 1 rings (SSSR count). The highest BCUT2D eigenvalue weighted by atomic mass is 32.2. The van der Waals surface area contributed by atoms with Crippen LogP contribution in [0.25, 0.3) is 0 Å². The average Bonchev–Trinajstić information content (AvgIpc) is 2.35. The van der Waals surface area contributed by atoms with Crippen molar-refractivity contribution < 1.29 is 13.5 Å². The van der Waals surface area contributed by atoms with Crippen LogP contribution >= 0.6 is 12.2 Å². The molecular weight excluding hydrogens is 284 g/mol. The summed E-state index contributed by atoms with van der Waals surface area (Å²) in [5.74, 6) is 0. The first-order chi connectivity index (χ1) is 8.84. The van der Waals surface area contributed by atoms with Crippen LogP contribution in [0.4, 0.5) is 0 Å². The van der Waals surface area contributed by atoms with Gasteiger partial charge in [-0.05, 0) is 18.6 Å². The lowest BCUT2D eigenvalue weighted by Gasteiger charge is -2.21. The van der Waals surface area contributed by atoms with Gasteiger partial charge in [0.2, 0.25) is 10.0 Å². The minimum absolute atomic E-state index is 0.0651. The fourth-order valence-corrected chi connectivity index (χ4v) is 3.55. The first-order valence-electron chi connectivity index (χ1n) is 5.86. The molecule has 3 N–H and O–H groups in total. The maximum Gasteiger partial charge on any atom is 0.243 e. The van der Waals surface area contributed by atoms with Crippen LogP contribution in [-0.4, -0.2) is 42.5 Å². The zero-order valence-corrected chi connectivity index (χ0v) is 12.6. The predicted octanol–water partition coefficient (Wildman–Crippen LogP) is 0.632. The van der Waals surface area contributed by atoms with E-state index in [1.165, 1.54) is 10.4 Å². The van der Waals surface area contributed by atoms with Gasteiger partial charge in [0.1, 0.15) is 4.99 Å². The van der Waals surface area contributed by atoms with Gasteiger partial charge in [0.05, 0.1) is 11.5 Å². The number of nitrogens with two attached hydrogens (primary N) is 1. The topological polar surface area (TPSA) is 83.6 Å². The molecule has 0 spiro atoms. The van der Waals surface area contributed by atoms with E-state index in [1.54, 1.807) is 26.0 Å². The molecule has 0 fully saturated rings. The van der Waals surface area contributed by atoms with Gasteiger partial charge >= 0.3 is 0 Å². The van der Waals surface area contributed by atoms with Crippen molar-refractivity contribution in [3.63, 3.8) is 0 Å². The van der Waals surface area contributed by atoms with Crippen molar-refractivity contribution in [1.29, 1.82) is 0 Å². The number of hydrogen-bond donors (Lipinski definition) is 2. The van der Waals surface area contributed by atoms with Gasteiger partial charge in [-0.25, -0.2) is 8.42 Å². The highest BCUT2D eigenvalue weighted by Gasteiger charge is 2.24. The zero-order valence-electron chi connectivity index (χ0n) is 11.0. The third-order valence-corrected chi connectivity index (χ3v) is 5.14. The molecule has 0 unspecified atom stereocenters. The van der Waals surface area contributed by atoms with E-state index in [9.17, 15) is 8.42 Å². The van der Waals surface area contributed by atoms with Crippen molar-refractivity contribution in [1.82, 2.24) is 4.31 Å². The van der Waals surface area contributed by atoms with Crippen LogP contribution < -0.4 is 5.73 Å². The van der Waals surface area contributed by atoms with E-state index < -0.39 is 10.0 Å². The van der Waals surface area contributed by atoms with Crippen molar-refractivity contribution in [3.05, 3.63) is 29.3 Å². The summed E-state index contributed by atoms with van der Waals surface area (Å²) in [5, 5.41) is 8.94. The summed E-state index contributed by atoms with van der Waals surface area (Å²) in [4.78, 5) is 0.328. The normalized spacial score (nSPS) is 11.8. The van der Waals surface area contributed by atoms with Crippen molar-refractivity contribution in [2.75, 3.05) is 19.7 Å². The molecule has 0 amide bonds. The van der Waals surface area contributed by atoms with E-state index in [0.717, 1.165) is 0 Å². The largest absolute Gasteiger partial charge is 0.395 e. The van der Waals surface area contributed by atoms with Gasteiger partial charge < -0.3 is 10.8 Å². The minimum atomic E-state index is -3.64. The van der Waals surface area contributed by atoms with Gasteiger partial charge in [0, 0.05) is 18.7 Å². The molecule has 0 atom stereocenters. The maximum absolute atomic E-state index is 12.5. The second-order valence-electron chi connectivity index (χ2n) is 4.06. The van der Waals surface area contributed by atoms with Gasteiger partial charge in [0.15, 0.2) is 0 Å². The molecule has 0 aliphatic heterocycles. The van der Waals surface area contributed by atoms with Crippen LogP contribution in [0.2, 0.25) is 0 Å². The molecule has 5 nitrogen and oxygen atoms in total. The Morgan fingerprint density at radius 1 is 1.47 bits per heavy atom. The fourth-order valence-electron chi connectivity index (χ4n) is 1.73. The molecule has 0 heterocycles. The number of thiocarbonyl (C=S) groups is 1. The Morgan fingerprint density at radius 2 is 2.11 bits per heavy atom. The summed E-state index contributed by atoms with van der Waals surface area (Å²) in [6.45, 7) is 3.57. The number of likely N-dealkylation sites (N-methyl/N-ethyl adjacent to an activating group) is 1. The summed E-state index contributed by atoms with van der Waals surface area (Å²) in [6.07, 6.45) is 0. The summed E-state index contributed by atoms with van der Waals surface area (Å²) in [7, 11) is -3.64. The summed E-state index contributed by atoms with van der Waals surface area (Å²) >= 11 is 4.86. The minimum Gasteiger partial charge on any atom is -0.395 e. The molecule has 0 bridgehead atoms. The number of rotatable bonds is 6. The molecule has 0 radical (unpaired) electrons. The average molecular weight is 302 g/mol.